The number of sulfonamides is 1. The van der Waals surface area contributed by atoms with E-state index in [1.165, 1.54) is 31.2 Å². The summed E-state index contributed by atoms with van der Waals surface area (Å²) in [5.74, 6) is -2.99. The van der Waals surface area contributed by atoms with Crippen molar-refractivity contribution in [2.45, 2.75) is 37.7 Å². The van der Waals surface area contributed by atoms with Crippen LogP contribution in [0.25, 0.3) is 0 Å². The van der Waals surface area contributed by atoms with Crippen LogP contribution in [0.1, 0.15) is 25.5 Å². The number of likely N-dealkylation sites (tertiary alicyclic amines) is 1. The number of alkyl halides is 1. The monoisotopic (exact) mass is 551 g/mol. The maximum atomic E-state index is 13.7. The second-order valence-corrected chi connectivity index (χ2v) is 10.3. The number of nitrogens with zero attached hydrogens (tertiary/aromatic N) is 3. The fourth-order valence-corrected chi connectivity index (χ4v) is 5.61. The topological polar surface area (TPSA) is 147 Å². The van der Waals surface area contributed by atoms with Gasteiger partial charge in [-0.15, -0.1) is 0 Å². The highest BCUT2D eigenvalue weighted by atomic mass is 32.2. The molecule has 2 N–H and O–H groups in total. The Labute approximate surface area is 220 Å². The lowest BCUT2D eigenvalue weighted by atomic mass is 10.2. The van der Waals surface area contributed by atoms with Crippen LogP contribution in [0.3, 0.4) is 0 Å². The largest absolute Gasteiger partial charge is 0.491 e. The smallest absolute Gasteiger partial charge is 0.353 e. The first kappa shape index (κ1) is 28.9. The fraction of sp³-hybridized carbons (Fsp3) is 0.400. The molecule has 3 rings (SSSR count). The summed E-state index contributed by atoms with van der Waals surface area (Å²) in [6.45, 7) is 5.18. The standard InChI is InChI=1S/C25H30FN3O8S/c1-3-12-28-13-10-19(16-28)37-23-9-8-21(17(2)27-23)29(22(25(32)33)15-24(30)31)38(34,35)20-6-4-18(5-7-20)36-14-11-26/h4-9,15,19H,3,10-14,16H2,1-2H3,(H,30,31)(H,32,33)/b22-15-. The van der Waals surface area contributed by atoms with Gasteiger partial charge in [-0.3, -0.25) is 4.90 Å². The first-order chi connectivity index (χ1) is 18.1. The number of carboxylic acids is 2. The Hall–Kier alpha value is -3.71. The van der Waals surface area contributed by atoms with E-state index in [4.69, 9.17) is 9.47 Å². The van der Waals surface area contributed by atoms with Gasteiger partial charge in [0.15, 0.2) is 0 Å². The number of aromatic nitrogens is 1. The number of anilines is 1. The van der Waals surface area contributed by atoms with E-state index in [2.05, 4.69) is 16.8 Å². The maximum absolute atomic E-state index is 13.7. The molecule has 0 spiro atoms. The van der Waals surface area contributed by atoms with Gasteiger partial charge in [0, 0.05) is 19.2 Å². The van der Waals surface area contributed by atoms with Crippen LogP contribution in [0.2, 0.25) is 0 Å². The Balaban J connectivity index is 2.00. The van der Waals surface area contributed by atoms with Gasteiger partial charge in [0.1, 0.15) is 30.8 Å². The number of hydrogen-bond donors (Lipinski definition) is 2. The van der Waals surface area contributed by atoms with E-state index in [0.717, 1.165) is 44.6 Å². The minimum absolute atomic E-state index is 0.0984. The number of aryl methyl sites for hydroxylation is 1. The van der Waals surface area contributed by atoms with Crippen molar-refractivity contribution in [1.29, 1.82) is 0 Å². The lowest BCUT2D eigenvalue weighted by Crippen LogP contribution is -2.35. The van der Waals surface area contributed by atoms with Crippen molar-refractivity contribution in [3.8, 4) is 11.6 Å². The average molecular weight is 552 g/mol. The number of carboxylic acid groups (broad SMARTS) is 2. The predicted molar refractivity (Wildman–Crippen MR) is 136 cm³/mol. The number of carbonyl (C=O) groups is 2. The van der Waals surface area contributed by atoms with E-state index >= 15 is 0 Å². The minimum Gasteiger partial charge on any atom is -0.491 e. The number of hydrogen-bond acceptors (Lipinski definition) is 8. The van der Waals surface area contributed by atoms with E-state index in [0.29, 0.717) is 10.4 Å². The van der Waals surface area contributed by atoms with Gasteiger partial charge in [-0.1, -0.05) is 6.92 Å². The van der Waals surface area contributed by atoms with Crippen molar-refractivity contribution in [3.05, 3.63) is 53.9 Å². The minimum atomic E-state index is -4.65. The van der Waals surface area contributed by atoms with Crippen molar-refractivity contribution in [1.82, 2.24) is 9.88 Å². The lowest BCUT2D eigenvalue weighted by Gasteiger charge is -2.26. The second kappa shape index (κ2) is 12.7. The summed E-state index contributed by atoms with van der Waals surface area (Å²) in [4.78, 5) is 29.7. The van der Waals surface area contributed by atoms with Crippen LogP contribution in [-0.4, -0.2) is 79.5 Å². The van der Waals surface area contributed by atoms with Crippen LogP contribution < -0.4 is 13.8 Å². The molecular formula is C25H30FN3O8S. The summed E-state index contributed by atoms with van der Waals surface area (Å²) in [5.41, 5.74) is -1.07. The molecule has 11 nitrogen and oxygen atoms in total. The molecule has 0 saturated carbocycles. The molecule has 1 aromatic carbocycles. The summed E-state index contributed by atoms with van der Waals surface area (Å²) in [6.07, 6.45) is 2.02. The normalized spacial score (nSPS) is 16.3. The lowest BCUT2D eigenvalue weighted by molar-refractivity contribution is -0.135. The number of benzene rings is 1. The van der Waals surface area contributed by atoms with Gasteiger partial charge < -0.3 is 19.7 Å². The summed E-state index contributed by atoms with van der Waals surface area (Å²) in [6, 6.07) is 7.62. The van der Waals surface area contributed by atoms with Crippen molar-refractivity contribution >= 4 is 27.6 Å². The molecule has 0 aliphatic carbocycles. The van der Waals surface area contributed by atoms with Gasteiger partial charge in [0.25, 0.3) is 10.0 Å². The zero-order chi connectivity index (χ0) is 27.9. The molecule has 38 heavy (non-hydrogen) atoms. The quantitative estimate of drug-likeness (QED) is 0.356. The van der Waals surface area contributed by atoms with Crippen molar-refractivity contribution < 1.29 is 42.1 Å². The SMILES string of the molecule is CCCN1CCC(Oc2ccc(N(/C(=C\C(=O)O)C(=O)O)S(=O)(=O)c3ccc(OCCF)cc3)c(C)n2)C1. The summed E-state index contributed by atoms with van der Waals surface area (Å²) < 4.78 is 51.2. The average Bonchev–Trinajstić information content (AvgIpc) is 3.30. The number of aliphatic carboxylic acids is 2. The van der Waals surface area contributed by atoms with Gasteiger partial charge in [-0.2, -0.15) is 0 Å². The molecule has 1 aliphatic heterocycles. The Kier molecular flexibility index (Phi) is 9.64. The third-order valence-electron chi connectivity index (χ3n) is 5.71. The van der Waals surface area contributed by atoms with Gasteiger partial charge in [-0.05, 0) is 56.6 Å². The molecule has 1 unspecified atom stereocenters. The van der Waals surface area contributed by atoms with Crippen LogP contribution in [0, 0.1) is 6.92 Å². The number of rotatable bonds is 13. The molecule has 1 atom stereocenters. The molecular weight excluding hydrogens is 521 g/mol. The molecule has 2 aromatic rings. The number of ether oxygens (including phenoxy) is 2. The highest BCUT2D eigenvalue weighted by molar-refractivity contribution is 7.93. The fourth-order valence-electron chi connectivity index (χ4n) is 4.08. The van der Waals surface area contributed by atoms with E-state index in [1.54, 1.807) is 0 Å². The Morgan fingerprint density at radius 3 is 2.50 bits per heavy atom. The van der Waals surface area contributed by atoms with E-state index in [1.807, 2.05) is 0 Å². The molecule has 0 radical (unpaired) electrons. The van der Waals surface area contributed by atoms with Crippen LogP contribution in [0.15, 0.2) is 53.1 Å². The third kappa shape index (κ3) is 6.98. The van der Waals surface area contributed by atoms with Crippen molar-refractivity contribution in [2.24, 2.45) is 0 Å². The predicted octanol–water partition coefficient (Wildman–Crippen LogP) is 2.85. The molecule has 0 amide bonds. The molecule has 1 aliphatic rings. The number of pyridine rings is 1. The molecule has 1 fully saturated rings. The summed E-state index contributed by atoms with van der Waals surface area (Å²) in [7, 11) is -4.65. The van der Waals surface area contributed by atoms with E-state index < -0.39 is 34.3 Å². The molecule has 1 aromatic heterocycles. The molecule has 2 heterocycles. The van der Waals surface area contributed by atoms with Crippen LogP contribution >= 0.6 is 0 Å². The second-order valence-electron chi connectivity index (χ2n) is 8.53. The molecule has 206 valence electrons. The van der Waals surface area contributed by atoms with Crippen LogP contribution in [0.5, 0.6) is 11.6 Å². The van der Waals surface area contributed by atoms with Crippen molar-refractivity contribution in [3.63, 3.8) is 0 Å². The van der Waals surface area contributed by atoms with Crippen LogP contribution in [0.4, 0.5) is 10.1 Å². The van der Waals surface area contributed by atoms with E-state index in [9.17, 15) is 32.6 Å². The molecule has 1 saturated heterocycles. The number of halogens is 1. The molecule has 13 heteroatoms. The molecule has 0 bridgehead atoms. The van der Waals surface area contributed by atoms with Crippen LogP contribution in [-0.2, 0) is 19.6 Å². The Morgan fingerprint density at radius 2 is 1.92 bits per heavy atom. The van der Waals surface area contributed by atoms with E-state index in [-0.39, 0.29) is 40.6 Å². The van der Waals surface area contributed by atoms with Gasteiger partial charge in [0.05, 0.1) is 22.4 Å². The zero-order valence-corrected chi connectivity index (χ0v) is 21.9. The Morgan fingerprint density at radius 1 is 1.21 bits per heavy atom. The van der Waals surface area contributed by atoms with Gasteiger partial charge in [-0.25, -0.2) is 31.7 Å². The van der Waals surface area contributed by atoms with Gasteiger partial charge in [0.2, 0.25) is 5.88 Å². The van der Waals surface area contributed by atoms with Crippen molar-refractivity contribution in [2.75, 3.05) is 37.2 Å². The van der Waals surface area contributed by atoms with Gasteiger partial charge >= 0.3 is 11.9 Å². The third-order valence-corrected chi connectivity index (χ3v) is 7.46. The zero-order valence-electron chi connectivity index (χ0n) is 21.0. The maximum Gasteiger partial charge on any atom is 0.353 e. The first-order valence-electron chi connectivity index (χ1n) is 12.0. The summed E-state index contributed by atoms with van der Waals surface area (Å²) >= 11 is 0. The summed E-state index contributed by atoms with van der Waals surface area (Å²) in [5, 5.41) is 19.0. The highest BCUT2D eigenvalue weighted by Gasteiger charge is 2.34. The first-order valence-corrected chi connectivity index (χ1v) is 13.4. The Bertz CT molecular complexity index is 1280. The highest BCUT2D eigenvalue weighted by Crippen LogP contribution is 2.32.